The molecular formula is C20H25N7O. The molecule has 8 nitrogen and oxygen atoms in total. The van der Waals surface area contributed by atoms with Crippen molar-refractivity contribution in [2.24, 2.45) is 0 Å². The van der Waals surface area contributed by atoms with Crippen LogP contribution in [0.1, 0.15) is 12.1 Å². The van der Waals surface area contributed by atoms with Crippen molar-refractivity contribution in [1.29, 1.82) is 0 Å². The molecule has 0 fully saturated rings. The summed E-state index contributed by atoms with van der Waals surface area (Å²) < 4.78 is 0. The quantitative estimate of drug-likeness (QED) is 0.545. The van der Waals surface area contributed by atoms with E-state index in [2.05, 4.69) is 35.8 Å². The molecular weight excluding hydrogens is 354 g/mol. The fourth-order valence-electron chi connectivity index (χ4n) is 2.74. The van der Waals surface area contributed by atoms with Gasteiger partial charge in [0, 0.05) is 35.6 Å². The van der Waals surface area contributed by atoms with Crippen molar-refractivity contribution in [2.75, 3.05) is 43.1 Å². The summed E-state index contributed by atoms with van der Waals surface area (Å²) in [6.07, 6.45) is 2.74. The average Bonchev–Trinajstić information content (AvgIpc) is 2.64. The Morgan fingerprint density at radius 2 is 1.96 bits per heavy atom. The number of carbonyl (C=O) groups excluding carboxylic acids is 1. The van der Waals surface area contributed by atoms with E-state index in [4.69, 9.17) is 0 Å². The van der Waals surface area contributed by atoms with Crippen LogP contribution in [0.15, 0.2) is 42.6 Å². The van der Waals surface area contributed by atoms with Gasteiger partial charge in [0.05, 0.1) is 5.52 Å². The molecule has 3 aromatic rings. The van der Waals surface area contributed by atoms with Crippen LogP contribution >= 0.6 is 0 Å². The van der Waals surface area contributed by atoms with E-state index < -0.39 is 6.03 Å². The highest BCUT2D eigenvalue weighted by molar-refractivity contribution is 6.00. The molecule has 2 amide bonds. The van der Waals surface area contributed by atoms with Crippen molar-refractivity contribution >= 4 is 34.4 Å². The molecule has 28 heavy (non-hydrogen) atoms. The number of carbonyl (C=O) groups is 1. The molecule has 0 aliphatic rings. The first kappa shape index (κ1) is 19.5. The number of hydrogen-bond donors (Lipinski definition) is 3. The number of urea groups is 1. The van der Waals surface area contributed by atoms with Crippen LogP contribution < -0.4 is 16.0 Å². The Labute approximate surface area is 164 Å². The number of nitrogens with one attached hydrogen (secondary N) is 3. The van der Waals surface area contributed by atoms with Gasteiger partial charge in [-0.1, -0.05) is 6.07 Å². The summed E-state index contributed by atoms with van der Waals surface area (Å²) in [7, 11) is 4.09. The number of hydrogen-bond acceptors (Lipinski definition) is 6. The lowest BCUT2D eigenvalue weighted by Gasteiger charge is -2.12. The summed E-state index contributed by atoms with van der Waals surface area (Å²) in [4.78, 5) is 27.4. The predicted octanol–water partition coefficient (Wildman–Crippen LogP) is 3.34. The molecule has 2 aromatic heterocycles. The Balaban J connectivity index is 1.61. The van der Waals surface area contributed by atoms with Crippen LogP contribution in [0.4, 0.5) is 22.2 Å². The molecule has 0 spiro atoms. The van der Waals surface area contributed by atoms with E-state index in [0.717, 1.165) is 36.1 Å². The number of aromatic nitrogens is 3. The zero-order valence-electron chi connectivity index (χ0n) is 16.4. The zero-order chi connectivity index (χ0) is 19.9. The fourth-order valence-corrected chi connectivity index (χ4v) is 2.74. The minimum Gasteiger partial charge on any atom is -0.370 e. The molecule has 0 aliphatic heterocycles. The molecule has 3 rings (SSSR count). The van der Waals surface area contributed by atoms with Gasteiger partial charge in [-0.3, -0.25) is 10.3 Å². The smallest absolute Gasteiger partial charge is 0.326 e. The molecule has 0 saturated heterocycles. The van der Waals surface area contributed by atoms with Crippen molar-refractivity contribution in [3.63, 3.8) is 0 Å². The molecule has 0 atom stereocenters. The summed E-state index contributed by atoms with van der Waals surface area (Å²) in [6.45, 7) is 3.66. The van der Waals surface area contributed by atoms with E-state index in [0.29, 0.717) is 11.5 Å². The van der Waals surface area contributed by atoms with Crippen LogP contribution in [0, 0.1) is 6.92 Å². The van der Waals surface area contributed by atoms with Crippen LogP contribution in [0.25, 0.3) is 10.9 Å². The second-order valence-corrected chi connectivity index (χ2v) is 6.79. The van der Waals surface area contributed by atoms with Gasteiger partial charge in [0.1, 0.15) is 5.82 Å². The first-order chi connectivity index (χ1) is 13.5. The highest BCUT2D eigenvalue weighted by atomic mass is 16.2. The number of amides is 2. The van der Waals surface area contributed by atoms with Crippen molar-refractivity contribution in [3.8, 4) is 0 Å². The van der Waals surface area contributed by atoms with Crippen molar-refractivity contribution in [1.82, 2.24) is 19.9 Å². The summed E-state index contributed by atoms with van der Waals surface area (Å²) in [5, 5.41) is 9.72. The molecule has 3 N–H and O–H groups in total. The van der Waals surface area contributed by atoms with Crippen molar-refractivity contribution in [3.05, 3.63) is 48.3 Å². The summed E-state index contributed by atoms with van der Waals surface area (Å²) >= 11 is 0. The van der Waals surface area contributed by atoms with Gasteiger partial charge in [0.25, 0.3) is 0 Å². The molecule has 2 heterocycles. The van der Waals surface area contributed by atoms with E-state index >= 15 is 0 Å². The van der Waals surface area contributed by atoms with Crippen LogP contribution in [0.3, 0.4) is 0 Å². The predicted molar refractivity (Wildman–Crippen MR) is 113 cm³/mol. The standard InChI is InChI=1S/C20H25N7O/c1-14-12-18(22-10-5-11-27(2)3)25-19(23-14)26-20(28)24-16-7-8-17-15(13-16)6-4-9-21-17/h4,6-9,12-13H,5,10-11H2,1-3H3,(H3,22,23,24,25,26,28). The molecule has 0 saturated carbocycles. The maximum atomic E-state index is 12.3. The highest BCUT2D eigenvalue weighted by Crippen LogP contribution is 2.17. The van der Waals surface area contributed by atoms with Gasteiger partial charge in [-0.25, -0.2) is 9.78 Å². The van der Waals surface area contributed by atoms with Gasteiger partial charge < -0.3 is 15.5 Å². The number of fused-ring (bicyclic) bond motifs is 1. The zero-order valence-corrected chi connectivity index (χ0v) is 16.4. The highest BCUT2D eigenvalue weighted by Gasteiger charge is 2.08. The third kappa shape index (κ3) is 5.62. The monoisotopic (exact) mass is 379 g/mol. The lowest BCUT2D eigenvalue weighted by atomic mass is 10.2. The van der Waals surface area contributed by atoms with Gasteiger partial charge in [-0.05, 0) is 58.3 Å². The van der Waals surface area contributed by atoms with Gasteiger partial charge in [0.2, 0.25) is 5.95 Å². The van der Waals surface area contributed by atoms with E-state index in [-0.39, 0.29) is 5.95 Å². The lowest BCUT2D eigenvalue weighted by molar-refractivity contribution is 0.262. The number of pyridine rings is 1. The number of benzene rings is 1. The summed E-state index contributed by atoms with van der Waals surface area (Å²) in [5.74, 6) is 0.952. The fraction of sp³-hybridized carbons (Fsp3) is 0.300. The van der Waals surface area contributed by atoms with Crippen molar-refractivity contribution < 1.29 is 4.79 Å². The third-order valence-electron chi connectivity index (χ3n) is 4.03. The maximum absolute atomic E-state index is 12.3. The van der Waals surface area contributed by atoms with E-state index in [1.54, 1.807) is 6.20 Å². The number of anilines is 3. The van der Waals surface area contributed by atoms with E-state index in [1.807, 2.05) is 57.4 Å². The first-order valence-corrected chi connectivity index (χ1v) is 9.17. The average molecular weight is 379 g/mol. The van der Waals surface area contributed by atoms with Gasteiger partial charge in [0.15, 0.2) is 0 Å². The van der Waals surface area contributed by atoms with Gasteiger partial charge in [-0.15, -0.1) is 0 Å². The third-order valence-corrected chi connectivity index (χ3v) is 4.03. The Kier molecular flexibility index (Phi) is 6.33. The Hall–Kier alpha value is -3.26. The number of rotatable bonds is 7. The number of nitrogens with zero attached hydrogens (tertiary/aromatic N) is 4. The first-order valence-electron chi connectivity index (χ1n) is 9.17. The number of aryl methyl sites for hydroxylation is 1. The Morgan fingerprint density at radius 3 is 2.79 bits per heavy atom. The minimum absolute atomic E-state index is 0.259. The normalized spacial score (nSPS) is 10.9. The van der Waals surface area contributed by atoms with E-state index in [9.17, 15) is 4.79 Å². The second-order valence-electron chi connectivity index (χ2n) is 6.79. The van der Waals surface area contributed by atoms with Crippen LogP contribution in [-0.2, 0) is 0 Å². The lowest BCUT2D eigenvalue weighted by Crippen LogP contribution is -2.21. The largest absolute Gasteiger partial charge is 0.370 e. The maximum Gasteiger partial charge on any atom is 0.326 e. The molecule has 0 radical (unpaired) electrons. The molecule has 146 valence electrons. The van der Waals surface area contributed by atoms with Crippen LogP contribution in [0.5, 0.6) is 0 Å². The van der Waals surface area contributed by atoms with Crippen LogP contribution in [0.2, 0.25) is 0 Å². The van der Waals surface area contributed by atoms with Gasteiger partial charge >= 0.3 is 6.03 Å². The van der Waals surface area contributed by atoms with Crippen LogP contribution in [-0.4, -0.2) is 53.1 Å². The molecule has 0 unspecified atom stereocenters. The Morgan fingerprint density at radius 1 is 1.11 bits per heavy atom. The molecule has 1 aromatic carbocycles. The molecule has 0 aliphatic carbocycles. The van der Waals surface area contributed by atoms with E-state index in [1.165, 1.54) is 0 Å². The molecule has 0 bridgehead atoms. The SMILES string of the molecule is Cc1cc(NCCCN(C)C)nc(NC(=O)Nc2ccc3ncccc3c2)n1. The summed E-state index contributed by atoms with van der Waals surface area (Å²) in [5.41, 5.74) is 2.32. The molecule has 8 heteroatoms. The Bertz CT molecular complexity index is 958. The summed E-state index contributed by atoms with van der Waals surface area (Å²) in [6, 6.07) is 10.8. The second kappa shape index (κ2) is 9.09. The van der Waals surface area contributed by atoms with Crippen molar-refractivity contribution in [2.45, 2.75) is 13.3 Å². The van der Waals surface area contributed by atoms with Gasteiger partial charge in [-0.2, -0.15) is 4.98 Å². The topological polar surface area (TPSA) is 95.1 Å². The minimum atomic E-state index is -0.396.